The lowest BCUT2D eigenvalue weighted by Gasteiger charge is -2.07. The molecule has 0 spiro atoms. The molecule has 0 N–H and O–H groups in total. The third-order valence-corrected chi connectivity index (χ3v) is 5.26. The van der Waals surface area contributed by atoms with E-state index < -0.39 is 0 Å². The molecule has 1 aromatic carbocycles. The van der Waals surface area contributed by atoms with Gasteiger partial charge in [-0.25, -0.2) is 4.68 Å². The Hall–Kier alpha value is -2.35. The normalized spacial score (nSPS) is 12.5. The van der Waals surface area contributed by atoms with Gasteiger partial charge in [0.15, 0.2) is 5.69 Å². The third-order valence-electron chi connectivity index (χ3n) is 4.06. The van der Waals surface area contributed by atoms with Crippen LogP contribution in [-0.2, 0) is 7.05 Å². The molecule has 126 valence electrons. The molecule has 0 aliphatic rings. The minimum Gasteiger partial charge on any atom is -0.283 e. The summed E-state index contributed by atoms with van der Waals surface area (Å²) in [5.74, 6) is 0. The molecule has 0 radical (unpaired) electrons. The highest BCUT2D eigenvalue weighted by Gasteiger charge is 2.22. The molecule has 7 nitrogen and oxygen atoms in total. The number of hydrogen-bond acceptors (Lipinski definition) is 5. The average molecular weight is 344 g/mol. The molecule has 8 heteroatoms. The first-order valence-corrected chi connectivity index (χ1v) is 8.72. The van der Waals surface area contributed by atoms with Crippen molar-refractivity contribution >= 4 is 11.8 Å². The Morgan fingerprint density at radius 1 is 1.25 bits per heavy atom. The van der Waals surface area contributed by atoms with Crippen LogP contribution in [0.15, 0.2) is 40.3 Å². The summed E-state index contributed by atoms with van der Waals surface area (Å²) in [6, 6.07) is 9.54. The van der Waals surface area contributed by atoms with Gasteiger partial charge in [0, 0.05) is 12.3 Å². The van der Waals surface area contributed by atoms with Crippen LogP contribution >= 0.6 is 11.8 Å². The fourth-order valence-corrected chi connectivity index (χ4v) is 3.29. The van der Waals surface area contributed by atoms with Crippen LogP contribution in [0, 0.1) is 6.92 Å². The fraction of sp³-hybridized carbons (Fsp3) is 0.375. The number of nitrogens with zero attached hydrogens (tertiary/aromatic N) is 6. The van der Waals surface area contributed by atoms with Gasteiger partial charge in [0.05, 0.1) is 11.4 Å². The van der Waals surface area contributed by atoms with Crippen LogP contribution in [0.2, 0.25) is 0 Å². The van der Waals surface area contributed by atoms with Gasteiger partial charge in [-0.15, -0.1) is 5.10 Å². The first-order valence-electron chi connectivity index (χ1n) is 7.84. The van der Waals surface area contributed by atoms with E-state index in [1.807, 2.05) is 49.0 Å². The van der Waals surface area contributed by atoms with Crippen molar-refractivity contribution in [3.8, 4) is 11.4 Å². The van der Waals surface area contributed by atoms with Crippen LogP contribution in [0.4, 0.5) is 0 Å². The molecule has 0 bridgehead atoms. The highest BCUT2D eigenvalue weighted by atomic mass is 32.2. The Labute approximate surface area is 144 Å². The van der Waals surface area contributed by atoms with Crippen molar-refractivity contribution in [2.45, 2.75) is 37.6 Å². The fourth-order valence-electron chi connectivity index (χ4n) is 2.45. The minimum atomic E-state index is -0.139. The van der Waals surface area contributed by atoms with Crippen LogP contribution in [0.3, 0.4) is 0 Å². The molecule has 0 amide bonds. The van der Waals surface area contributed by atoms with Gasteiger partial charge >= 0.3 is 0 Å². The minimum absolute atomic E-state index is 0.139. The second-order valence-corrected chi connectivity index (χ2v) is 7.03. The topological polar surface area (TPSA) is 70.5 Å². The average Bonchev–Trinajstić information content (AvgIpc) is 3.11. The standard InChI is InChI=1S/C16H20N6OS/c1-5-11(2)24-16-17-18-19-21(16)14-12(3)20(4)22(15(14)23)13-9-7-6-8-10-13/h6-11H,5H2,1-4H3. The molecule has 3 rings (SSSR count). The SMILES string of the molecule is CCC(C)Sc1nnnn1-c1c(C)n(C)n(-c2ccccc2)c1=O. The Bertz CT molecular complexity index is 895. The van der Waals surface area contributed by atoms with Gasteiger partial charge in [-0.2, -0.15) is 4.68 Å². The van der Waals surface area contributed by atoms with Crippen molar-refractivity contribution in [1.29, 1.82) is 0 Å². The molecule has 24 heavy (non-hydrogen) atoms. The van der Waals surface area contributed by atoms with E-state index in [-0.39, 0.29) is 5.56 Å². The second-order valence-electron chi connectivity index (χ2n) is 5.62. The van der Waals surface area contributed by atoms with E-state index in [0.717, 1.165) is 17.8 Å². The lowest BCUT2D eigenvalue weighted by molar-refractivity contribution is 0.630. The van der Waals surface area contributed by atoms with Crippen LogP contribution in [0.5, 0.6) is 0 Å². The number of para-hydroxylation sites is 1. The Morgan fingerprint density at radius 3 is 2.62 bits per heavy atom. The molecule has 1 atom stereocenters. The largest absolute Gasteiger partial charge is 0.297 e. The number of benzene rings is 1. The summed E-state index contributed by atoms with van der Waals surface area (Å²) in [5.41, 5.74) is 1.96. The van der Waals surface area contributed by atoms with Gasteiger partial charge in [-0.1, -0.05) is 43.8 Å². The summed E-state index contributed by atoms with van der Waals surface area (Å²) in [4.78, 5) is 13.0. The van der Waals surface area contributed by atoms with Crippen molar-refractivity contribution in [2.75, 3.05) is 0 Å². The number of hydrogen-bond donors (Lipinski definition) is 0. The Balaban J connectivity index is 2.15. The lowest BCUT2D eigenvalue weighted by atomic mass is 10.3. The summed E-state index contributed by atoms with van der Waals surface area (Å²) in [5, 5.41) is 12.9. The summed E-state index contributed by atoms with van der Waals surface area (Å²) in [6.07, 6.45) is 1.000. The van der Waals surface area contributed by atoms with E-state index in [2.05, 4.69) is 29.4 Å². The predicted molar refractivity (Wildman–Crippen MR) is 94.1 cm³/mol. The summed E-state index contributed by atoms with van der Waals surface area (Å²) in [6.45, 7) is 6.13. The van der Waals surface area contributed by atoms with Crippen molar-refractivity contribution in [3.63, 3.8) is 0 Å². The molecule has 1 unspecified atom stereocenters. The maximum Gasteiger partial charge on any atom is 0.297 e. The van der Waals surface area contributed by atoms with Crippen molar-refractivity contribution < 1.29 is 0 Å². The Kier molecular flexibility index (Phi) is 4.57. The zero-order chi connectivity index (χ0) is 17.3. The van der Waals surface area contributed by atoms with E-state index in [1.54, 1.807) is 21.1 Å². The number of thioether (sulfide) groups is 1. The van der Waals surface area contributed by atoms with Gasteiger partial charge in [0.2, 0.25) is 5.16 Å². The summed E-state index contributed by atoms with van der Waals surface area (Å²) >= 11 is 1.57. The highest BCUT2D eigenvalue weighted by molar-refractivity contribution is 7.99. The zero-order valence-corrected chi connectivity index (χ0v) is 15.0. The van der Waals surface area contributed by atoms with E-state index in [4.69, 9.17) is 0 Å². The molecule has 0 fully saturated rings. The molecule has 0 saturated heterocycles. The van der Waals surface area contributed by atoms with Crippen molar-refractivity contribution in [3.05, 3.63) is 46.4 Å². The molecular formula is C16H20N6OS. The van der Waals surface area contributed by atoms with Crippen LogP contribution in [0.1, 0.15) is 26.0 Å². The monoisotopic (exact) mass is 344 g/mol. The molecule has 3 aromatic rings. The van der Waals surface area contributed by atoms with Crippen LogP contribution < -0.4 is 5.56 Å². The van der Waals surface area contributed by atoms with E-state index in [1.165, 1.54) is 0 Å². The van der Waals surface area contributed by atoms with Gasteiger partial charge in [0.25, 0.3) is 5.56 Å². The first kappa shape index (κ1) is 16.5. The van der Waals surface area contributed by atoms with Gasteiger partial charge in [0.1, 0.15) is 0 Å². The molecule has 2 heterocycles. The number of aromatic nitrogens is 6. The van der Waals surface area contributed by atoms with E-state index in [0.29, 0.717) is 16.1 Å². The summed E-state index contributed by atoms with van der Waals surface area (Å²) < 4.78 is 5.00. The maximum atomic E-state index is 13.0. The molecule has 0 aliphatic heterocycles. The quantitative estimate of drug-likeness (QED) is 0.665. The van der Waals surface area contributed by atoms with Crippen LogP contribution in [-0.4, -0.2) is 34.8 Å². The van der Waals surface area contributed by atoms with Crippen molar-refractivity contribution in [2.24, 2.45) is 7.05 Å². The predicted octanol–water partition coefficient (Wildman–Crippen LogP) is 2.35. The van der Waals surface area contributed by atoms with Gasteiger partial charge in [-0.05, 0) is 35.9 Å². The van der Waals surface area contributed by atoms with Gasteiger partial charge in [-0.3, -0.25) is 9.48 Å². The number of rotatable bonds is 5. The Morgan fingerprint density at radius 2 is 1.96 bits per heavy atom. The highest BCUT2D eigenvalue weighted by Crippen LogP contribution is 2.24. The molecule has 2 aromatic heterocycles. The molecule has 0 aliphatic carbocycles. The van der Waals surface area contributed by atoms with E-state index in [9.17, 15) is 4.79 Å². The first-order chi connectivity index (χ1) is 11.5. The zero-order valence-electron chi connectivity index (χ0n) is 14.2. The smallest absolute Gasteiger partial charge is 0.283 e. The van der Waals surface area contributed by atoms with Crippen molar-refractivity contribution in [1.82, 2.24) is 29.6 Å². The second kappa shape index (κ2) is 6.64. The third kappa shape index (κ3) is 2.77. The molecule has 0 saturated carbocycles. The maximum absolute atomic E-state index is 13.0. The van der Waals surface area contributed by atoms with Crippen LogP contribution in [0.25, 0.3) is 11.4 Å². The lowest BCUT2D eigenvalue weighted by Crippen LogP contribution is -2.22. The van der Waals surface area contributed by atoms with Gasteiger partial charge < -0.3 is 0 Å². The molecular weight excluding hydrogens is 324 g/mol. The van der Waals surface area contributed by atoms with E-state index >= 15 is 0 Å². The number of tetrazole rings is 1. The summed E-state index contributed by atoms with van der Waals surface area (Å²) in [7, 11) is 1.86.